The molecule has 202 valence electrons. The van der Waals surface area contributed by atoms with Crippen molar-refractivity contribution in [1.82, 2.24) is 20.2 Å². The summed E-state index contributed by atoms with van der Waals surface area (Å²) in [6.07, 6.45) is 0. The molecule has 1 amide bonds. The van der Waals surface area contributed by atoms with Gasteiger partial charge in [-0.2, -0.15) is 5.10 Å². The molecule has 0 fully saturated rings. The highest BCUT2D eigenvalue weighted by atomic mass is 32.2. The molecule has 0 saturated heterocycles. The molecule has 0 bridgehead atoms. The molecule has 11 heteroatoms. The van der Waals surface area contributed by atoms with E-state index in [4.69, 9.17) is 18.9 Å². The quantitative estimate of drug-likeness (QED) is 0.165. The van der Waals surface area contributed by atoms with Gasteiger partial charge in [0.25, 0.3) is 5.91 Å². The maximum atomic E-state index is 12.7. The zero-order chi connectivity index (χ0) is 27.8. The smallest absolute Gasteiger partial charge is 0.250 e. The van der Waals surface area contributed by atoms with E-state index in [2.05, 4.69) is 20.7 Å². The van der Waals surface area contributed by atoms with Crippen molar-refractivity contribution >= 4 is 23.4 Å². The first kappa shape index (κ1) is 27.5. The van der Waals surface area contributed by atoms with Crippen LogP contribution in [0.15, 0.2) is 77.0 Å². The van der Waals surface area contributed by atoms with Crippen molar-refractivity contribution in [3.8, 4) is 40.1 Å². The third-order valence-electron chi connectivity index (χ3n) is 5.79. The molecule has 0 radical (unpaired) electrons. The van der Waals surface area contributed by atoms with Gasteiger partial charge in [-0.05, 0) is 73.7 Å². The highest BCUT2D eigenvalue weighted by Gasteiger charge is 2.18. The van der Waals surface area contributed by atoms with Crippen LogP contribution < -0.4 is 24.4 Å². The number of methoxy groups -OCH3 is 4. The lowest BCUT2D eigenvalue weighted by atomic mass is 10.1. The van der Waals surface area contributed by atoms with Gasteiger partial charge in [-0.25, -0.2) is 5.43 Å². The minimum atomic E-state index is -0.282. The number of rotatable bonds is 11. The fraction of sp³-hybridized carbons (Fsp3) is 0.214. The minimum Gasteiger partial charge on any atom is -0.497 e. The number of aromatic nitrogens is 3. The van der Waals surface area contributed by atoms with Gasteiger partial charge < -0.3 is 18.9 Å². The molecule has 0 atom stereocenters. The number of hydrogen-bond donors (Lipinski definition) is 1. The van der Waals surface area contributed by atoms with Crippen LogP contribution in [0, 0.1) is 0 Å². The molecule has 4 rings (SSSR count). The van der Waals surface area contributed by atoms with Crippen LogP contribution in [-0.4, -0.2) is 60.6 Å². The van der Waals surface area contributed by atoms with Gasteiger partial charge in [-0.3, -0.25) is 9.36 Å². The highest BCUT2D eigenvalue weighted by molar-refractivity contribution is 7.99. The molecule has 0 unspecified atom stereocenters. The van der Waals surface area contributed by atoms with Crippen molar-refractivity contribution in [2.45, 2.75) is 12.1 Å². The Hall–Kier alpha value is -4.51. The van der Waals surface area contributed by atoms with E-state index < -0.39 is 0 Å². The Labute approximate surface area is 231 Å². The Morgan fingerprint density at radius 3 is 2.10 bits per heavy atom. The lowest BCUT2D eigenvalue weighted by molar-refractivity contribution is -0.118. The van der Waals surface area contributed by atoms with Gasteiger partial charge in [0.1, 0.15) is 11.5 Å². The summed E-state index contributed by atoms with van der Waals surface area (Å²) in [4.78, 5) is 12.7. The van der Waals surface area contributed by atoms with E-state index in [1.807, 2.05) is 59.2 Å². The lowest BCUT2D eigenvalue weighted by Gasteiger charge is -2.11. The SMILES string of the molecule is COc1ccc(-c2nnc(SCC(=O)NN=C(C)c3ccc(OC)c(OC)c3)n2-c2ccc(OC)cc2)cc1. The summed E-state index contributed by atoms with van der Waals surface area (Å²) in [6, 6.07) is 20.5. The largest absolute Gasteiger partial charge is 0.497 e. The van der Waals surface area contributed by atoms with Crippen LogP contribution in [0.25, 0.3) is 17.1 Å². The predicted molar refractivity (Wildman–Crippen MR) is 151 cm³/mol. The van der Waals surface area contributed by atoms with Crippen molar-refractivity contribution in [3.63, 3.8) is 0 Å². The molecule has 1 N–H and O–H groups in total. The van der Waals surface area contributed by atoms with Crippen LogP contribution in [0.1, 0.15) is 12.5 Å². The molecular formula is C28H29N5O5S. The number of ether oxygens (including phenoxy) is 4. The number of thioether (sulfide) groups is 1. The fourth-order valence-electron chi connectivity index (χ4n) is 3.69. The van der Waals surface area contributed by atoms with Crippen LogP contribution in [0.4, 0.5) is 0 Å². The van der Waals surface area contributed by atoms with Crippen LogP contribution in [0.5, 0.6) is 23.0 Å². The summed E-state index contributed by atoms with van der Waals surface area (Å²) < 4.78 is 23.1. The number of benzene rings is 3. The van der Waals surface area contributed by atoms with Crippen LogP contribution >= 0.6 is 11.8 Å². The maximum absolute atomic E-state index is 12.7. The molecule has 0 aliphatic carbocycles. The standard InChI is InChI=1S/C28H29N5O5S/c1-18(20-8-15-24(37-4)25(16-20)38-5)29-30-26(34)17-39-28-32-31-27(19-6-11-22(35-2)12-7-19)33(28)21-9-13-23(36-3)14-10-21/h6-16H,17H2,1-5H3,(H,30,34). The summed E-state index contributed by atoms with van der Waals surface area (Å²) >= 11 is 1.26. The van der Waals surface area contributed by atoms with E-state index in [9.17, 15) is 4.79 Å². The molecule has 0 aliphatic rings. The molecule has 1 aromatic heterocycles. The molecular weight excluding hydrogens is 518 g/mol. The van der Waals surface area contributed by atoms with E-state index in [0.717, 1.165) is 28.3 Å². The third kappa shape index (κ3) is 6.50. The number of hydrazone groups is 1. The Kier molecular flexibility index (Phi) is 9.06. The first-order valence-electron chi connectivity index (χ1n) is 11.9. The van der Waals surface area contributed by atoms with Crippen molar-refractivity contribution < 1.29 is 23.7 Å². The number of hydrogen-bond acceptors (Lipinski definition) is 9. The van der Waals surface area contributed by atoms with Crippen molar-refractivity contribution in [3.05, 3.63) is 72.3 Å². The van der Waals surface area contributed by atoms with Gasteiger partial charge in [0.15, 0.2) is 22.5 Å². The number of nitrogens with zero attached hydrogens (tertiary/aromatic N) is 4. The second-order valence-corrected chi connectivity index (χ2v) is 9.10. The molecule has 4 aromatic rings. The molecule has 0 aliphatic heterocycles. The highest BCUT2D eigenvalue weighted by Crippen LogP contribution is 2.30. The number of carbonyl (C=O) groups excluding carboxylic acids is 1. The molecule has 1 heterocycles. The Morgan fingerprint density at radius 2 is 1.49 bits per heavy atom. The first-order valence-corrected chi connectivity index (χ1v) is 12.9. The maximum Gasteiger partial charge on any atom is 0.250 e. The molecule has 39 heavy (non-hydrogen) atoms. The van der Waals surface area contributed by atoms with Gasteiger partial charge >= 0.3 is 0 Å². The molecule has 10 nitrogen and oxygen atoms in total. The van der Waals surface area contributed by atoms with Gasteiger partial charge in [0.05, 0.1) is 39.9 Å². The molecule has 0 saturated carbocycles. The summed E-state index contributed by atoms with van der Waals surface area (Å²) in [5.41, 5.74) is 5.71. The fourth-order valence-corrected chi connectivity index (χ4v) is 4.43. The minimum absolute atomic E-state index is 0.0830. The van der Waals surface area contributed by atoms with Crippen LogP contribution in [-0.2, 0) is 4.79 Å². The van der Waals surface area contributed by atoms with Gasteiger partial charge in [-0.1, -0.05) is 11.8 Å². The normalized spacial score (nSPS) is 11.2. The Bertz CT molecular complexity index is 1450. The van der Waals surface area contributed by atoms with Gasteiger partial charge in [0, 0.05) is 16.8 Å². The topological polar surface area (TPSA) is 109 Å². The van der Waals surface area contributed by atoms with E-state index in [0.29, 0.717) is 28.2 Å². The number of amides is 1. The number of carbonyl (C=O) groups is 1. The second kappa shape index (κ2) is 12.8. The molecule has 3 aromatic carbocycles. The first-order chi connectivity index (χ1) is 19.0. The average molecular weight is 548 g/mol. The van der Waals surface area contributed by atoms with E-state index in [1.165, 1.54) is 11.8 Å². The monoisotopic (exact) mass is 547 g/mol. The Balaban J connectivity index is 1.52. The lowest BCUT2D eigenvalue weighted by Crippen LogP contribution is -2.21. The van der Waals surface area contributed by atoms with Crippen molar-refractivity contribution in [1.29, 1.82) is 0 Å². The summed E-state index contributed by atoms with van der Waals surface area (Å²) in [5.74, 6) is 3.10. The predicted octanol–water partition coefficient (Wildman–Crippen LogP) is 4.60. The summed E-state index contributed by atoms with van der Waals surface area (Å²) in [7, 11) is 6.38. The zero-order valence-electron chi connectivity index (χ0n) is 22.3. The average Bonchev–Trinajstić information content (AvgIpc) is 3.42. The third-order valence-corrected chi connectivity index (χ3v) is 6.72. The Morgan fingerprint density at radius 1 is 0.846 bits per heavy atom. The van der Waals surface area contributed by atoms with Crippen molar-refractivity contribution in [2.75, 3.05) is 34.2 Å². The van der Waals surface area contributed by atoms with E-state index >= 15 is 0 Å². The molecule has 0 spiro atoms. The van der Waals surface area contributed by atoms with Crippen LogP contribution in [0.3, 0.4) is 0 Å². The van der Waals surface area contributed by atoms with E-state index in [-0.39, 0.29) is 11.7 Å². The second-order valence-electron chi connectivity index (χ2n) is 8.16. The van der Waals surface area contributed by atoms with Gasteiger partial charge in [-0.15, -0.1) is 10.2 Å². The van der Waals surface area contributed by atoms with E-state index in [1.54, 1.807) is 47.5 Å². The van der Waals surface area contributed by atoms with Crippen molar-refractivity contribution in [2.24, 2.45) is 5.10 Å². The summed E-state index contributed by atoms with van der Waals surface area (Å²) in [5, 5.41) is 13.6. The summed E-state index contributed by atoms with van der Waals surface area (Å²) in [6.45, 7) is 1.80. The number of nitrogens with one attached hydrogen (secondary N) is 1. The van der Waals surface area contributed by atoms with Crippen LogP contribution in [0.2, 0.25) is 0 Å². The zero-order valence-corrected chi connectivity index (χ0v) is 23.1. The van der Waals surface area contributed by atoms with Gasteiger partial charge in [0.2, 0.25) is 0 Å².